The van der Waals surface area contributed by atoms with Crippen LogP contribution < -0.4 is 19.8 Å². The number of aromatic nitrogens is 1. The van der Waals surface area contributed by atoms with Crippen molar-refractivity contribution in [3.8, 4) is 5.75 Å². The number of hydrogen-bond donors (Lipinski definition) is 2. The highest BCUT2D eigenvalue weighted by Gasteiger charge is 2.37. The summed E-state index contributed by atoms with van der Waals surface area (Å²) in [6, 6.07) is 9.24. The number of fused-ring (bicyclic) bond motifs is 2. The van der Waals surface area contributed by atoms with E-state index in [-0.39, 0.29) is 28.3 Å². The van der Waals surface area contributed by atoms with Crippen LogP contribution in [0.4, 0.5) is 43.5 Å². The van der Waals surface area contributed by atoms with Gasteiger partial charge in [-0.05, 0) is 42.5 Å². The lowest BCUT2D eigenvalue weighted by atomic mass is 10.1. The molecule has 1 fully saturated rings. The van der Waals surface area contributed by atoms with Crippen LogP contribution in [0.25, 0.3) is 0 Å². The molecule has 1 aromatic heterocycles. The van der Waals surface area contributed by atoms with Crippen LogP contribution in [0, 0.1) is 0 Å². The number of hydrogen-bond acceptors (Lipinski definition) is 8. The van der Waals surface area contributed by atoms with Crippen LogP contribution in [0.15, 0.2) is 59.5 Å². The first-order valence-corrected chi connectivity index (χ1v) is 13.7. The van der Waals surface area contributed by atoms with Crippen LogP contribution in [-0.2, 0) is 27.5 Å². The summed E-state index contributed by atoms with van der Waals surface area (Å²) >= 11 is 0. The summed E-state index contributed by atoms with van der Waals surface area (Å²) in [4.78, 5) is 16.6. The van der Waals surface area contributed by atoms with Crippen LogP contribution in [0.3, 0.4) is 0 Å². The summed E-state index contributed by atoms with van der Waals surface area (Å²) in [6.45, 7) is 0.814. The van der Waals surface area contributed by atoms with Gasteiger partial charge in [-0.2, -0.15) is 13.2 Å². The van der Waals surface area contributed by atoms with Gasteiger partial charge in [0.05, 0.1) is 41.6 Å². The molecule has 17 heteroatoms. The second kappa shape index (κ2) is 11.0. The standard InChI is InChI=1S/C25H21F6N5O5S/c26-24(27,28)20-9-4-15-14-36(42(38,39)17-7-5-16(6-8-17)41-25(29,30)31)21-18(2-1-3-19(21)32-22(15)33-20)23(37)34-35-10-12-40-13-11-35/h1-9H,10-14H2,(H,32,33)(H,34,37). The van der Waals surface area contributed by atoms with Gasteiger partial charge >= 0.3 is 12.5 Å². The van der Waals surface area contributed by atoms with Crippen molar-refractivity contribution in [2.45, 2.75) is 24.0 Å². The highest BCUT2D eigenvalue weighted by Crippen LogP contribution is 2.42. The van der Waals surface area contributed by atoms with Gasteiger partial charge in [0.25, 0.3) is 15.9 Å². The number of nitrogens with one attached hydrogen (secondary N) is 2. The number of amides is 1. The van der Waals surface area contributed by atoms with Gasteiger partial charge in [0.1, 0.15) is 17.3 Å². The Balaban J connectivity index is 1.61. The lowest BCUT2D eigenvalue weighted by molar-refractivity contribution is -0.274. The van der Waals surface area contributed by atoms with E-state index < -0.39 is 51.4 Å². The Labute approximate surface area is 234 Å². The fourth-order valence-corrected chi connectivity index (χ4v) is 5.84. The number of para-hydroxylation sites is 1. The molecule has 42 heavy (non-hydrogen) atoms. The molecule has 10 nitrogen and oxygen atoms in total. The summed E-state index contributed by atoms with van der Waals surface area (Å²) in [5, 5.41) is 4.30. The minimum Gasteiger partial charge on any atom is -0.406 e. The van der Waals surface area contributed by atoms with Crippen molar-refractivity contribution in [3.05, 3.63) is 71.4 Å². The summed E-state index contributed by atoms with van der Waals surface area (Å²) in [5.41, 5.74) is 1.10. The predicted octanol–water partition coefficient (Wildman–Crippen LogP) is 4.43. The second-order valence-corrected chi connectivity index (χ2v) is 11.0. The number of pyridine rings is 1. The number of ether oxygens (including phenoxy) is 2. The zero-order chi connectivity index (χ0) is 30.3. The van der Waals surface area contributed by atoms with Crippen molar-refractivity contribution in [2.75, 3.05) is 35.9 Å². The van der Waals surface area contributed by atoms with Crippen LogP contribution >= 0.6 is 0 Å². The molecule has 2 aliphatic rings. The Morgan fingerprint density at radius 1 is 0.976 bits per heavy atom. The first-order chi connectivity index (χ1) is 19.7. The van der Waals surface area contributed by atoms with Crippen LogP contribution in [-0.4, -0.2) is 57.0 Å². The molecule has 0 saturated carbocycles. The number of benzene rings is 2. The number of alkyl halides is 6. The molecule has 0 radical (unpaired) electrons. The maximum Gasteiger partial charge on any atom is 0.573 e. The van der Waals surface area contributed by atoms with E-state index in [1.54, 1.807) is 5.01 Å². The van der Waals surface area contributed by atoms with E-state index in [1.807, 2.05) is 0 Å². The fraction of sp³-hybridized carbons (Fsp3) is 0.280. The van der Waals surface area contributed by atoms with Gasteiger partial charge in [0.15, 0.2) is 0 Å². The second-order valence-electron chi connectivity index (χ2n) is 9.10. The SMILES string of the molecule is O=C(NN1CCOCC1)c1cccc2c1N(S(=O)(=O)c1ccc(OC(F)(F)F)cc1)Cc1ccc(C(F)(F)F)nc1N2. The van der Waals surface area contributed by atoms with Crippen LogP contribution in [0.1, 0.15) is 21.6 Å². The Morgan fingerprint density at radius 3 is 2.31 bits per heavy atom. The highest BCUT2D eigenvalue weighted by molar-refractivity contribution is 7.92. The number of hydrazine groups is 1. The van der Waals surface area contributed by atoms with Gasteiger partial charge in [-0.15, -0.1) is 13.2 Å². The average molecular weight is 618 g/mol. The number of anilines is 3. The van der Waals surface area contributed by atoms with Gasteiger partial charge in [-0.1, -0.05) is 12.1 Å². The van der Waals surface area contributed by atoms with Crippen LogP contribution in [0.2, 0.25) is 0 Å². The van der Waals surface area contributed by atoms with Crippen molar-refractivity contribution in [2.24, 2.45) is 0 Å². The number of carbonyl (C=O) groups is 1. The maximum atomic E-state index is 14.0. The van der Waals surface area contributed by atoms with Gasteiger partial charge in [-0.3, -0.25) is 14.5 Å². The quantitative estimate of drug-likeness (QED) is 0.405. The van der Waals surface area contributed by atoms with E-state index in [9.17, 15) is 39.6 Å². The molecular weight excluding hydrogens is 596 g/mol. The molecule has 0 aliphatic carbocycles. The van der Waals surface area contributed by atoms with Crippen LogP contribution in [0.5, 0.6) is 5.75 Å². The van der Waals surface area contributed by atoms with E-state index in [1.165, 1.54) is 18.2 Å². The van der Waals surface area contributed by atoms with Gasteiger partial charge < -0.3 is 14.8 Å². The minimum atomic E-state index is -5.01. The van der Waals surface area contributed by atoms with E-state index in [0.29, 0.717) is 32.4 Å². The molecule has 5 rings (SSSR count). The normalized spacial score (nSPS) is 16.1. The van der Waals surface area contributed by atoms with E-state index in [4.69, 9.17) is 4.74 Å². The molecule has 2 N–H and O–H groups in total. The zero-order valence-electron chi connectivity index (χ0n) is 21.3. The number of nitrogens with zero attached hydrogens (tertiary/aromatic N) is 3. The molecule has 224 valence electrons. The van der Waals surface area contributed by atoms with Gasteiger partial charge in [0.2, 0.25) is 0 Å². The number of rotatable bonds is 5. The molecule has 1 saturated heterocycles. The molecule has 0 unspecified atom stereocenters. The molecule has 3 aromatic rings. The molecule has 0 atom stereocenters. The molecule has 1 amide bonds. The third kappa shape index (κ3) is 6.22. The number of morpholine rings is 1. The topological polar surface area (TPSA) is 113 Å². The molecule has 3 heterocycles. The molecule has 2 aliphatic heterocycles. The highest BCUT2D eigenvalue weighted by atomic mass is 32.2. The van der Waals surface area contributed by atoms with E-state index in [0.717, 1.165) is 34.6 Å². The number of sulfonamides is 1. The predicted molar refractivity (Wildman–Crippen MR) is 135 cm³/mol. The average Bonchev–Trinajstić information content (AvgIpc) is 3.09. The number of halogens is 6. The van der Waals surface area contributed by atoms with Gasteiger partial charge in [0, 0.05) is 18.7 Å². The molecule has 0 bridgehead atoms. The first-order valence-electron chi connectivity index (χ1n) is 12.2. The lowest BCUT2D eigenvalue weighted by Crippen LogP contribution is -2.48. The number of carbonyl (C=O) groups excluding carboxylic acids is 1. The summed E-state index contributed by atoms with van der Waals surface area (Å²) < 4.78 is 116. The van der Waals surface area contributed by atoms with Gasteiger partial charge in [-0.25, -0.2) is 18.4 Å². The largest absolute Gasteiger partial charge is 0.573 e. The van der Waals surface area contributed by atoms with Crippen molar-refractivity contribution < 1.29 is 49.0 Å². The molecule has 2 aromatic carbocycles. The molecule has 0 spiro atoms. The summed E-state index contributed by atoms with van der Waals surface area (Å²) in [7, 11) is -4.64. The third-order valence-electron chi connectivity index (χ3n) is 6.28. The van der Waals surface area contributed by atoms with Crippen molar-refractivity contribution in [1.29, 1.82) is 0 Å². The Kier molecular flexibility index (Phi) is 7.67. The van der Waals surface area contributed by atoms with E-state index in [2.05, 4.69) is 20.5 Å². The van der Waals surface area contributed by atoms with Crippen molar-refractivity contribution >= 4 is 33.1 Å². The minimum absolute atomic E-state index is 0.0411. The first kappa shape index (κ1) is 29.4. The van der Waals surface area contributed by atoms with Crippen molar-refractivity contribution in [3.63, 3.8) is 0 Å². The zero-order valence-corrected chi connectivity index (χ0v) is 22.1. The van der Waals surface area contributed by atoms with E-state index >= 15 is 0 Å². The van der Waals surface area contributed by atoms with Crippen molar-refractivity contribution in [1.82, 2.24) is 15.4 Å². The summed E-state index contributed by atoms with van der Waals surface area (Å²) in [6.07, 6.45) is -9.80. The smallest absolute Gasteiger partial charge is 0.406 e. The monoisotopic (exact) mass is 617 g/mol. The Bertz CT molecular complexity index is 1590. The lowest BCUT2D eigenvalue weighted by Gasteiger charge is -2.29. The Morgan fingerprint density at radius 2 is 1.67 bits per heavy atom. The maximum absolute atomic E-state index is 14.0. The third-order valence-corrected chi connectivity index (χ3v) is 8.04. The summed E-state index contributed by atoms with van der Waals surface area (Å²) in [5.74, 6) is -1.66. The Hall–Kier alpha value is -4.09. The molecular formula is C25H21F6N5O5S. The fourth-order valence-electron chi connectivity index (χ4n) is 4.36.